The molecule has 1 N–H and O–H groups in total. The van der Waals surface area contributed by atoms with Gasteiger partial charge < -0.3 is 10.1 Å². The van der Waals surface area contributed by atoms with Crippen molar-refractivity contribution in [2.45, 2.75) is 6.04 Å². The van der Waals surface area contributed by atoms with Crippen molar-refractivity contribution in [2.75, 3.05) is 6.61 Å². The molecule has 0 aromatic heterocycles. The van der Waals surface area contributed by atoms with E-state index in [1.165, 1.54) is 18.2 Å². The van der Waals surface area contributed by atoms with Gasteiger partial charge in [0.25, 0.3) is 0 Å². The van der Waals surface area contributed by atoms with Gasteiger partial charge in [0.2, 0.25) is 0 Å². The number of halogens is 1. The van der Waals surface area contributed by atoms with Gasteiger partial charge in [0.1, 0.15) is 18.5 Å². The van der Waals surface area contributed by atoms with Gasteiger partial charge in [-0.15, -0.1) is 0 Å². The van der Waals surface area contributed by atoms with Crippen molar-refractivity contribution < 1.29 is 13.9 Å². The Morgan fingerprint density at radius 1 is 1.60 bits per heavy atom. The van der Waals surface area contributed by atoms with E-state index in [2.05, 4.69) is 5.32 Å². The number of benzene rings is 1. The first-order chi connectivity index (χ1) is 7.20. The fourth-order valence-corrected chi connectivity index (χ4v) is 1.41. The van der Waals surface area contributed by atoms with Crippen molar-refractivity contribution in [2.24, 2.45) is 0 Å². The minimum atomic E-state index is -0.563. The van der Waals surface area contributed by atoms with Crippen LogP contribution in [-0.2, 0) is 4.74 Å². The molecule has 5 heteroatoms. The zero-order valence-corrected chi connectivity index (χ0v) is 7.66. The van der Waals surface area contributed by atoms with Gasteiger partial charge in [0.15, 0.2) is 0 Å². The van der Waals surface area contributed by atoms with E-state index in [-0.39, 0.29) is 18.2 Å². The molecule has 76 valence electrons. The second-order valence-electron chi connectivity index (χ2n) is 3.15. The van der Waals surface area contributed by atoms with Crippen molar-refractivity contribution in [1.29, 1.82) is 5.26 Å². The molecule has 1 heterocycles. The van der Waals surface area contributed by atoms with E-state index in [0.29, 0.717) is 5.56 Å². The lowest BCUT2D eigenvalue weighted by Gasteiger charge is -2.07. The van der Waals surface area contributed by atoms with E-state index in [0.717, 1.165) is 0 Å². The molecule has 1 fully saturated rings. The summed E-state index contributed by atoms with van der Waals surface area (Å²) in [6.45, 7) is 0.204. The lowest BCUT2D eigenvalue weighted by molar-refractivity contribution is 0.177. The quantitative estimate of drug-likeness (QED) is 0.756. The molecule has 1 saturated heterocycles. The molecule has 1 atom stereocenters. The summed E-state index contributed by atoms with van der Waals surface area (Å²) >= 11 is 0. The molecule has 0 saturated carbocycles. The number of cyclic esters (lactones) is 1. The SMILES string of the molecule is N#Cc1cc([C@H]2COC(=O)N2)ccc1F. The Kier molecular flexibility index (Phi) is 2.26. The summed E-state index contributed by atoms with van der Waals surface area (Å²) < 4.78 is 17.7. The third kappa shape index (κ3) is 1.74. The molecular weight excluding hydrogens is 199 g/mol. The van der Waals surface area contributed by atoms with E-state index in [1.54, 1.807) is 6.07 Å². The van der Waals surface area contributed by atoms with Gasteiger partial charge in [0, 0.05) is 0 Å². The predicted molar refractivity (Wildman–Crippen MR) is 48.3 cm³/mol. The molecule has 1 aliphatic heterocycles. The fraction of sp³-hybridized carbons (Fsp3) is 0.200. The topological polar surface area (TPSA) is 62.1 Å². The summed E-state index contributed by atoms with van der Waals surface area (Å²) in [4.78, 5) is 10.8. The molecule has 0 unspecified atom stereocenters. The van der Waals surface area contributed by atoms with Crippen molar-refractivity contribution in [3.8, 4) is 6.07 Å². The number of nitrogens with one attached hydrogen (secondary N) is 1. The molecule has 1 aromatic carbocycles. The maximum absolute atomic E-state index is 13.0. The van der Waals surface area contributed by atoms with Gasteiger partial charge in [-0.05, 0) is 17.7 Å². The molecule has 15 heavy (non-hydrogen) atoms. The highest BCUT2D eigenvalue weighted by Crippen LogP contribution is 2.20. The van der Waals surface area contributed by atoms with Crippen LogP contribution < -0.4 is 5.32 Å². The van der Waals surface area contributed by atoms with Crippen LogP contribution in [-0.4, -0.2) is 12.7 Å². The van der Waals surface area contributed by atoms with Gasteiger partial charge in [-0.2, -0.15) is 5.26 Å². The van der Waals surface area contributed by atoms with Crippen LogP contribution >= 0.6 is 0 Å². The molecule has 1 aromatic rings. The normalized spacial score (nSPS) is 19.2. The Labute approximate surface area is 85.3 Å². The smallest absolute Gasteiger partial charge is 0.407 e. The average molecular weight is 206 g/mol. The van der Waals surface area contributed by atoms with Gasteiger partial charge in [-0.3, -0.25) is 0 Å². The van der Waals surface area contributed by atoms with E-state index < -0.39 is 11.9 Å². The Morgan fingerprint density at radius 2 is 2.40 bits per heavy atom. The molecule has 2 rings (SSSR count). The van der Waals surface area contributed by atoms with Crippen LogP contribution in [0.1, 0.15) is 17.2 Å². The maximum atomic E-state index is 13.0. The van der Waals surface area contributed by atoms with Crippen LogP contribution in [0.2, 0.25) is 0 Å². The van der Waals surface area contributed by atoms with Crippen molar-refractivity contribution in [3.63, 3.8) is 0 Å². The second kappa shape index (κ2) is 3.58. The lowest BCUT2D eigenvalue weighted by atomic mass is 10.1. The molecule has 0 bridgehead atoms. The summed E-state index contributed by atoms with van der Waals surface area (Å²) in [6.07, 6.45) is -0.497. The summed E-state index contributed by atoms with van der Waals surface area (Å²) in [6, 6.07) is 5.58. The monoisotopic (exact) mass is 206 g/mol. The van der Waals surface area contributed by atoms with Gasteiger partial charge in [-0.1, -0.05) is 6.07 Å². The Hall–Kier alpha value is -2.09. The fourth-order valence-electron chi connectivity index (χ4n) is 1.41. The number of nitrogens with zero attached hydrogens (tertiary/aromatic N) is 1. The van der Waals surface area contributed by atoms with Crippen LogP contribution in [0.15, 0.2) is 18.2 Å². The van der Waals surface area contributed by atoms with Crippen molar-refractivity contribution in [3.05, 3.63) is 35.1 Å². The number of alkyl carbamates (subject to hydrolysis) is 1. The number of carbonyl (C=O) groups is 1. The Morgan fingerprint density at radius 3 is 3.00 bits per heavy atom. The zero-order chi connectivity index (χ0) is 10.8. The van der Waals surface area contributed by atoms with Crippen molar-refractivity contribution in [1.82, 2.24) is 5.32 Å². The summed E-state index contributed by atoms with van der Waals surface area (Å²) in [5.74, 6) is -0.563. The number of hydrogen-bond donors (Lipinski definition) is 1. The highest BCUT2D eigenvalue weighted by molar-refractivity contribution is 5.70. The minimum absolute atomic E-state index is 0.0337. The van der Waals surface area contributed by atoms with Crippen LogP contribution in [0.4, 0.5) is 9.18 Å². The van der Waals surface area contributed by atoms with Crippen LogP contribution in [0.25, 0.3) is 0 Å². The standard InChI is InChI=1S/C10H7FN2O2/c11-8-2-1-6(3-7(8)4-12)9-5-15-10(14)13-9/h1-3,9H,5H2,(H,13,14)/t9-/m1/s1. The van der Waals surface area contributed by atoms with E-state index >= 15 is 0 Å². The van der Waals surface area contributed by atoms with Gasteiger partial charge in [0.05, 0.1) is 11.6 Å². The third-order valence-corrected chi connectivity index (χ3v) is 2.19. The van der Waals surface area contributed by atoms with E-state index in [4.69, 9.17) is 10.00 Å². The highest BCUT2D eigenvalue weighted by Gasteiger charge is 2.24. The first-order valence-electron chi connectivity index (χ1n) is 4.33. The van der Waals surface area contributed by atoms with Gasteiger partial charge >= 0.3 is 6.09 Å². The minimum Gasteiger partial charge on any atom is -0.447 e. The van der Waals surface area contributed by atoms with E-state index in [9.17, 15) is 9.18 Å². The Bertz CT molecular complexity index is 453. The number of hydrogen-bond acceptors (Lipinski definition) is 3. The highest BCUT2D eigenvalue weighted by atomic mass is 19.1. The number of ether oxygens (including phenoxy) is 1. The number of rotatable bonds is 1. The summed E-state index contributed by atoms with van der Waals surface area (Å²) in [7, 11) is 0. The van der Waals surface area contributed by atoms with Crippen LogP contribution in [0.5, 0.6) is 0 Å². The summed E-state index contributed by atoms with van der Waals surface area (Å²) in [5.41, 5.74) is 0.632. The maximum Gasteiger partial charge on any atom is 0.407 e. The van der Waals surface area contributed by atoms with E-state index in [1.807, 2.05) is 0 Å². The Balaban J connectivity index is 2.30. The van der Waals surface area contributed by atoms with Crippen LogP contribution in [0.3, 0.4) is 0 Å². The number of carbonyl (C=O) groups excluding carboxylic acids is 1. The average Bonchev–Trinajstić information content (AvgIpc) is 2.66. The third-order valence-electron chi connectivity index (χ3n) is 2.19. The molecular formula is C10H7FN2O2. The van der Waals surface area contributed by atoms with Crippen molar-refractivity contribution >= 4 is 6.09 Å². The van der Waals surface area contributed by atoms with Gasteiger partial charge in [-0.25, -0.2) is 9.18 Å². The molecule has 0 radical (unpaired) electrons. The van der Waals surface area contributed by atoms with Crippen LogP contribution in [0, 0.1) is 17.1 Å². The first-order valence-corrected chi connectivity index (χ1v) is 4.33. The molecule has 0 spiro atoms. The zero-order valence-electron chi connectivity index (χ0n) is 7.66. The number of nitriles is 1. The second-order valence-corrected chi connectivity index (χ2v) is 3.15. The number of amides is 1. The first kappa shape index (κ1) is 9.46. The molecule has 4 nitrogen and oxygen atoms in total. The molecule has 1 aliphatic rings. The molecule has 0 aliphatic carbocycles. The summed E-state index contributed by atoms with van der Waals surface area (Å²) in [5, 5.41) is 11.2. The lowest BCUT2D eigenvalue weighted by Crippen LogP contribution is -2.18. The largest absolute Gasteiger partial charge is 0.447 e. The predicted octanol–water partition coefficient (Wildman–Crippen LogP) is 1.48. The molecule has 1 amide bonds.